The largest absolute Gasteiger partial charge is 0.455 e. The van der Waals surface area contributed by atoms with E-state index < -0.39 is 24.4 Å². The van der Waals surface area contributed by atoms with E-state index in [1.54, 1.807) is 29.7 Å². The molecule has 0 spiro atoms. The topological polar surface area (TPSA) is 102 Å². The van der Waals surface area contributed by atoms with Crippen LogP contribution in [0, 0.1) is 12.8 Å². The van der Waals surface area contributed by atoms with Gasteiger partial charge < -0.3 is 19.5 Å². The molecule has 9 heteroatoms. The van der Waals surface area contributed by atoms with Crippen molar-refractivity contribution >= 4 is 41.1 Å². The fourth-order valence-electron chi connectivity index (χ4n) is 2.75. The van der Waals surface area contributed by atoms with Crippen molar-refractivity contribution in [1.82, 2.24) is 5.16 Å². The van der Waals surface area contributed by atoms with Crippen LogP contribution < -0.4 is 10.2 Å². The summed E-state index contributed by atoms with van der Waals surface area (Å²) >= 11 is 1.58. The summed E-state index contributed by atoms with van der Waals surface area (Å²) in [4.78, 5) is 38.9. The van der Waals surface area contributed by atoms with Gasteiger partial charge in [0.15, 0.2) is 12.4 Å². The van der Waals surface area contributed by atoms with Crippen LogP contribution in [0.15, 0.2) is 39.8 Å². The fourth-order valence-corrected chi connectivity index (χ4v) is 3.21. The first-order chi connectivity index (χ1) is 13.0. The number of hydrogen-bond acceptors (Lipinski definition) is 7. The molecule has 1 aliphatic heterocycles. The standard InChI is InChI=1S/C18H19N3O5S/c1-11-6-15(20-26-11)19-16(22)10-25-18(24)12-7-17(23)21(9-12)13-4-3-5-14(8-13)27-2/h3-6,8,12H,7,9-10H2,1-2H3,(H,19,20,22)/t12-/m1/s1. The zero-order valence-corrected chi connectivity index (χ0v) is 15.7. The highest BCUT2D eigenvalue weighted by molar-refractivity contribution is 7.98. The van der Waals surface area contributed by atoms with Gasteiger partial charge in [0, 0.05) is 29.6 Å². The number of aromatic nitrogens is 1. The molecular weight excluding hydrogens is 370 g/mol. The quantitative estimate of drug-likeness (QED) is 0.597. The second kappa shape index (κ2) is 8.26. The number of carbonyl (C=O) groups is 3. The third-order valence-corrected chi connectivity index (χ3v) is 4.79. The SMILES string of the molecule is CSc1cccc(N2C[C@H](C(=O)OCC(=O)Nc3cc(C)on3)CC2=O)c1. The minimum atomic E-state index is -0.600. The number of aryl methyl sites for hydroxylation is 1. The maximum atomic E-state index is 12.3. The van der Waals surface area contributed by atoms with Gasteiger partial charge in [-0.25, -0.2) is 0 Å². The number of hydrogen-bond donors (Lipinski definition) is 1. The summed E-state index contributed by atoms with van der Waals surface area (Å²) in [5.74, 6) is -1.03. The van der Waals surface area contributed by atoms with Crippen LogP contribution in [0.2, 0.25) is 0 Å². The molecule has 2 amide bonds. The van der Waals surface area contributed by atoms with E-state index in [-0.39, 0.29) is 24.7 Å². The molecular formula is C18H19N3O5S. The molecule has 27 heavy (non-hydrogen) atoms. The van der Waals surface area contributed by atoms with E-state index in [0.717, 1.165) is 10.6 Å². The third kappa shape index (κ3) is 4.68. The molecule has 1 saturated heterocycles. The summed E-state index contributed by atoms with van der Waals surface area (Å²) in [6, 6.07) is 9.11. The first kappa shape index (κ1) is 19.0. The molecule has 0 bridgehead atoms. The molecule has 0 aliphatic carbocycles. The second-order valence-corrected chi connectivity index (χ2v) is 6.97. The lowest BCUT2D eigenvalue weighted by Gasteiger charge is -2.17. The molecule has 1 aliphatic rings. The van der Waals surface area contributed by atoms with Crippen LogP contribution in [0.4, 0.5) is 11.5 Å². The van der Waals surface area contributed by atoms with Gasteiger partial charge in [0.05, 0.1) is 5.92 Å². The number of carbonyl (C=O) groups excluding carboxylic acids is 3. The van der Waals surface area contributed by atoms with Gasteiger partial charge in [0.25, 0.3) is 5.91 Å². The molecule has 3 rings (SSSR count). The average molecular weight is 389 g/mol. The van der Waals surface area contributed by atoms with Gasteiger partial charge in [-0.1, -0.05) is 11.2 Å². The zero-order chi connectivity index (χ0) is 19.4. The zero-order valence-electron chi connectivity index (χ0n) is 14.9. The molecule has 1 aromatic heterocycles. The number of thioether (sulfide) groups is 1. The summed E-state index contributed by atoms with van der Waals surface area (Å²) in [6.45, 7) is 1.48. The van der Waals surface area contributed by atoms with E-state index in [0.29, 0.717) is 5.76 Å². The Bertz CT molecular complexity index is 866. The van der Waals surface area contributed by atoms with E-state index in [2.05, 4.69) is 10.5 Å². The van der Waals surface area contributed by atoms with Gasteiger partial charge >= 0.3 is 5.97 Å². The van der Waals surface area contributed by atoms with E-state index >= 15 is 0 Å². The lowest BCUT2D eigenvalue weighted by molar-refractivity contribution is -0.151. The summed E-state index contributed by atoms with van der Waals surface area (Å²) in [7, 11) is 0. The smallest absolute Gasteiger partial charge is 0.311 e. The van der Waals surface area contributed by atoms with Crippen LogP contribution in [0.1, 0.15) is 12.2 Å². The summed E-state index contributed by atoms with van der Waals surface area (Å²) in [5, 5.41) is 6.09. The Balaban J connectivity index is 1.53. The normalized spacial score (nSPS) is 16.4. The number of ether oxygens (including phenoxy) is 1. The highest BCUT2D eigenvalue weighted by Crippen LogP contribution is 2.28. The van der Waals surface area contributed by atoms with Gasteiger partial charge in [-0.2, -0.15) is 0 Å². The predicted molar refractivity (Wildman–Crippen MR) is 99.5 cm³/mol. The average Bonchev–Trinajstić information content (AvgIpc) is 3.25. The molecule has 0 saturated carbocycles. The van der Waals surface area contributed by atoms with Crippen molar-refractivity contribution in [3.8, 4) is 0 Å². The first-order valence-electron chi connectivity index (χ1n) is 8.30. The molecule has 1 N–H and O–H groups in total. The lowest BCUT2D eigenvalue weighted by Crippen LogP contribution is -2.28. The number of nitrogens with zero attached hydrogens (tertiary/aromatic N) is 2. The van der Waals surface area contributed by atoms with Gasteiger partial charge in [0.2, 0.25) is 5.91 Å². The molecule has 8 nitrogen and oxygen atoms in total. The number of rotatable bonds is 6. The Hall–Kier alpha value is -2.81. The van der Waals surface area contributed by atoms with Crippen molar-refractivity contribution < 1.29 is 23.6 Å². The Morgan fingerprint density at radius 2 is 2.22 bits per heavy atom. The summed E-state index contributed by atoms with van der Waals surface area (Å²) in [5.41, 5.74) is 0.751. The molecule has 1 aromatic carbocycles. The number of esters is 1. The molecule has 2 aromatic rings. The van der Waals surface area contributed by atoms with Gasteiger partial charge in [-0.15, -0.1) is 11.8 Å². The van der Waals surface area contributed by atoms with E-state index in [1.807, 2.05) is 30.5 Å². The van der Waals surface area contributed by atoms with Gasteiger partial charge in [-0.3, -0.25) is 14.4 Å². The van der Waals surface area contributed by atoms with Crippen molar-refractivity contribution in [2.45, 2.75) is 18.2 Å². The Morgan fingerprint density at radius 3 is 2.93 bits per heavy atom. The molecule has 1 fully saturated rings. The van der Waals surface area contributed by atoms with Crippen LogP contribution in [0.5, 0.6) is 0 Å². The predicted octanol–water partition coefficient (Wildman–Crippen LogP) is 2.24. The van der Waals surface area contributed by atoms with Gasteiger partial charge in [-0.05, 0) is 31.4 Å². The van der Waals surface area contributed by atoms with Crippen molar-refractivity contribution in [3.05, 3.63) is 36.1 Å². The van der Waals surface area contributed by atoms with Crippen LogP contribution in [0.3, 0.4) is 0 Å². The number of amides is 2. The van der Waals surface area contributed by atoms with Crippen LogP contribution in [0.25, 0.3) is 0 Å². The van der Waals surface area contributed by atoms with Crippen molar-refractivity contribution in [2.75, 3.05) is 29.6 Å². The highest BCUT2D eigenvalue weighted by atomic mass is 32.2. The number of nitrogens with one attached hydrogen (secondary N) is 1. The maximum Gasteiger partial charge on any atom is 0.311 e. The molecule has 2 heterocycles. The summed E-state index contributed by atoms with van der Waals surface area (Å²) < 4.78 is 9.89. The summed E-state index contributed by atoms with van der Waals surface area (Å²) in [6.07, 6.45) is 2.02. The second-order valence-electron chi connectivity index (χ2n) is 6.09. The van der Waals surface area contributed by atoms with Crippen LogP contribution in [-0.2, 0) is 19.1 Å². The monoisotopic (exact) mass is 389 g/mol. The third-order valence-electron chi connectivity index (χ3n) is 4.06. The molecule has 1 atom stereocenters. The van der Waals surface area contributed by atoms with E-state index in [4.69, 9.17) is 9.26 Å². The molecule has 0 unspecified atom stereocenters. The molecule has 142 valence electrons. The lowest BCUT2D eigenvalue weighted by atomic mass is 10.1. The fraction of sp³-hybridized carbons (Fsp3) is 0.333. The number of anilines is 2. The highest BCUT2D eigenvalue weighted by Gasteiger charge is 2.36. The first-order valence-corrected chi connectivity index (χ1v) is 9.53. The van der Waals surface area contributed by atoms with Crippen molar-refractivity contribution in [2.24, 2.45) is 5.92 Å². The minimum absolute atomic E-state index is 0.0619. The van der Waals surface area contributed by atoms with Crippen LogP contribution in [-0.4, -0.2) is 42.3 Å². The van der Waals surface area contributed by atoms with Crippen molar-refractivity contribution in [3.63, 3.8) is 0 Å². The number of benzene rings is 1. The Labute approximate surface area is 160 Å². The van der Waals surface area contributed by atoms with E-state index in [1.165, 1.54) is 0 Å². The Kier molecular flexibility index (Phi) is 5.80. The minimum Gasteiger partial charge on any atom is -0.455 e. The molecule has 0 radical (unpaired) electrons. The van der Waals surface area contributed by atoms with Crippen LogP contribution >= 0.6 is 11.8 Å². The van der Waals surface area contributed by atoms with Crippen molar-refractivity contribution in [1.29, 1.82) is 0 Å². The maximum absolute atomic E-state index is 12.3. The van der Waals surface area contributed by atoms with Gasteiger partial charge in [0.1, 0.15) is 5.76 Å². The van der Waals surface area contributed by atoms with E-state index in [9.17, 15) is 14.4 Å². The Morgan fingerprint density at radius 1 is 1.41 bits per heavy atom.